The molecule has 1 unspecified atom stereocenters. The van der Waals surface area contributed by atoms with E-state index in [0.717, 1.165) is 11.3 Å². The van der Waals surface area contributed by atoms with Gasteiger partial charge in [0.25, 0.3) is 10.0 Å². The third kappa shape index (κ3) is 5.99. The molecule has 2 rings (SSSR count). The number of nitrogens with zero attached hydrogens (tertiary/aromatic N) is 1. The number of sulfonamides is 1. The van der Waals surface area contributed by atoms with Crippen LogP contribution >= 0.6 is 30.7 Å². The van der Waals surface area contributed by atoms with Crippen molar-refractivity contribution in [1.82, 2.24) is 9.14 Å². The molecule has 0 aromatic carbocycles. The Morgan fingerprint density at radius 3 is 2.86 bits per heavy atom. The molecule has 1 atom stereocenters. The molecule has 0 fully saturated rings. The second-order valence-corrected chi connectivity index (χ2v) is 9.13. The number of nitrogens with one attached hydrogen (secondary N) is 1. The summed E-state index contributed by atoms with van der Waals surface area (Å²) in [6.45, 7) is 0.440. The fourth-order valence-electron chi connectivity index (χ4n) is 1.41. The van der Waals surface area contributed by atoms with Crippen molar-refractivity contribution in [3.63, 3.8) is 0 Å². The van der Waals surface area contributed by atoms with Crippen LogP contribution in [-0.2, 0) is 19.1 Å². The number of allylic oxidation sites excluding steroid dienone is 1. The molecule has 1 aliphatic rings. The summed E-state index contributed by atoms with van der Waals surface area (Å²) in [4.78, 5) is 9.69. The van der Waals surface area contributed by atoms with E-state index in [1.807, 2.05) is 4.72 Å². The molecule has 0 amide bonds. The van der Waals surface area contributed by atoms with Gasteiger partial charge in [0, 0.05) is 11.8 Å². The van der Waals surface area contributed by atoms with Crippen LogP contribution in [0.4, 0.5) is 0 Å². The Bertz CT molecular complexity index is 707. The summed E-state index contributed by atoms with van der Waals surface area (Å²) >= 11 is 6.71. The van der Waals surface area contributed by atoms with Crippen molar-refractivity contribution in [2.45, 2.75) is 4.21 Å². The zero-order valence-electron chi connectivity index (χ0n) is 10.5. The SMILES string of the molecule is O=P(O)(CNS(=O)(=O)c1cccs1)OC1=CN(Cl)CC=C1.[NaH]. The van der Waals surface area contributed by atoms with Gasteiger partial charge < -0.3 is 9.42 Å². The van der Waals surface area contributed by atoms with Crippen LogP contribution in [0.15, 0.2) is 45.8 Å². The van der Waals surface area contributed by atoms with Crippen LogP contribution in [0.25, 0.3) is 0 Å². The van der Waals surface area contributed by atoms with Crippen LogP contribution in [0.3, 0.4) is 0 Å². The Morgan fingerprint density at radius 1 is 1.55 bits per heavy atom. The van der Waals surface area contributed by atoms with Crippen LogP contribution in [0, 0.1) is 0 Å². The Kier molecular flexibility index (Phi) is 7.65. The number of hydrogen-bond donors (Lipinski definition) is 2. The van der Waals surface area contributed by atoms with E-state index in [9.17, 15) is 17.9 Å². The number of halogens is 1. The van der Waals surface area contributed by atoms with Crippen LogP contribution in [0.2, 0.25) is 0 Å². The molecule has 1 aromatic heterocycles. The molecule has 0 spiro atoms. The fraction of sp³-hybridized carbons (Fsp3) is 0.200. The third-order valence-corrected chi connectivity index (χ3v) is 6.59. The molecule has 0 radical (unpaired) electrons. The predicted octanol–water partition coefficient (Wildman–Crippen LogP) is 1.40. The van der Waals surface area contributed by atoms with Gasteiger partial charge >= 0.3 is 37.2 Å². The van der Waals surface area contributed by atoms with E-state index in [-0.39, 0.29) is 39.5 Å². The Hall–Kier alpha value is 0.170. The van der Waals surface area contributed by atoms with Gasteiger partial charge in [-0.25, -0.2) is 13.0 Å². The van der Waals surface area contributed by atoms with Crippen molar-refractivity contribution < 1.29 is 22.4 Å². The summed E-state index contributed by atoms with van der Waals surface area (Å²) in [7, 11) is -8.00. The van der Waals surface area contributed by atoms with Gasteiger partial charge in [0.2, 0.25) is 0 Å². The molecule has 12 heteroatoms. The zero-order chi connectivity index (χ0) is 15.5. The van der Waals surface area contributed by atoms with Crippen molar-refractivity contribution in [2.24, 2.45) is 0 Å². The average molecular weight is 395 g/mol. The zero-order valence-corrected chi connectivity index (χ0v) is 13.8. The first kappa shape index (κ1) is 20.2. The maximum absolute atomic E-state index is 11.9. The van der Waals surface area contributed by atoms with Crippen LogP contribution in [0.1, 0.15) is 0 Å². The average Bonchev–Trinajstić information content (AvgIpc) is 2.91. The topological polar surface area (TPSA) is 95.9 Å². The van der Waals surface area contributed by atoms with E-state index in [1.54, 1.807) is 17.5 Å². The summed E-state index contributed by atoms with van der Waals surface area (Å²) in [5.74, 6) is 0.0809. The van der Waals surface area contributed by atoms with Crippen LogP contribution in [-0.4, -0.2) is 60.1 Å². The van der Waals surface area contributed by atoms with E-state index in [0.29, 0.717) is 6.54 Å². The van der Waals surface area contributed by atoms with E-state index in [2.05, 4.69) is 0 Å². The van der Waals surface area contributed by atoms with Gasteiger partial charge in [0.15, 0.2) is 0 Å². The van der Waals surface area contributed by atoms with E-state index in [1.165, 1.54) is 22.8 Å². The Labute approximate surface area is 159 Å². The molecular formula is C10H13ClN2NaO5PS2. The first-order valence-corrected chi connectivity index (χ1v) is 10.1. The molecular weight excluding hydrogens is 382 g/mol. The summed E-state index contributed by atoms with van der Waals surface area (Å²) in [6, 6.07) is 2.97. The second-order valence-electron chi connectivity index (χ2n) is 3.98. The predicted molar refractivity (Wildman–Crippen MR) is 87.3 cm³/mol. The van der Waals surface area contributed by atoms with Gasteiger partial charge in [0.1, 0.15) is 16.3 Å². The standard InChI is InChI=1S/C10H12ClN2O5PS2.Na.H/c11-13-5-1-3-9(7-13)18-19(14,15)8-12-21(16,17)10-4-2-6-20-10;;/h1-4,6-7,12H,5,8H2,(H,14,15);;. The quantitative estimate of drug-likeness (QED) is 0.430. The minimum atomic E-state index is -4.18. The van der Waals surface area contributed by atoms with Gasteiger partial charge in [-0.3, -0.25) is 4.42 Å². The molecule has 1 aromatic rings. The van der Waals surface area contributed by atoms with Gasteiger partial charge in [-0.1, -0.05) is 12.1 Å². The Balaban J connectivity index is 0.00000242. The summed E-state index contributed by atoms with van der Waals surface area (Å²) < 4.78 is 43.8. The molecule has 0 saturated heterocycles. The molecule has 118 valence electrons. The number of rotatable bonds is 6. The van der Waals surface area contributed by atoms with Gasteiger partial charge in [-0.15, -0.1) is 11.3 Å². The molecule has 0 aliphatic carbocycles. The first-order valence-electron chi connectivity index (χ1n) is 5.64. The van der Waals surface area contributed by atoms with Gasteiger partial charge in [0.05, 0.1) is 12.7 Å². The minimum absolute atomic E-state index is 0. The molecule has 0 bridgehead atoms. The summed E-state index contributed by atoms with van der Waals surface area (Å²) in [5.41, 5.74) is 0. The second kappa shape index (κ2) is 8.32. The van der Waals surface area contributed by atoms with E-state index >= 15 is 0 Å². The van der Waals surface area contributed by atoms with E-state index in [4.69, 9.17) is 16.3 Å². The molecule has 2 N–H and O–H groups in total. The Morgan fingerprint density at radius 2 is 2.27 bits per heavy atom. The monoisotopic (exact) mass is 394 g/mol. The molecule has 22 heavy (non-hydrogen) atoms. The first-order chi connectivity index (χ1) is 9.78. The molecule has 1 aliphatic heterocycles. The van der Waals surface area contributed by atoms with Crippen molar-refractivity contribution in [2.75, 3.05) is 12.8 Å². The number of thiophene rings is 1. The normalized spacial score (nSPS) is 17.4. The van der Waals surface area contributed by atoms with Crippen molar-refractivity contribution in [3.05, 3.63) is 41.6 Å². The fourth-order valence-corrected chi connectivity index (χ4v) is 5.12. The van der Waals surface area contributed by atoms with E-state index < -0.39 is 23.9 Å². The van der Waals surface area contributed by atoms with Crippen molar-refractivity contribution in [3.8, 4) is 0 Å². The maximum atomic E-state index is 11.9. The summed E-state index contributed by atoms with van der Waals surface area (Å²) in [6.07, 6.45) is 3.71. The van der Waals surface area contributed by atoms with Gasteiger partial charge in [-0.2, -0.15) is 4.72 Å². The molecule has 0 saturated carbocycles. The van der Waals surface area contributed by atoms with Crippen LogP contribution in [0.5, 0.6) is 0 Å². The van der Waals surface area contributed by atoms with Crippen molar-refractivity contribution in [1.29, 1.82) is 0 Å². The van der Waals surface area contributed by atoms with Crippen molar-refractivity contribution >= 4 is 70.3 Å². The molecule has 7 nitrogen and oxygen atoms in total. The van der Waals surface area contributed by atoms with Crippen LogP contribution < -0.4 is 4.72 Å². The third-order valence-electron chi connectivity index (χ3n) is 2.29. The number of hydrogen-bond acceptors (Lipinski definition) is 6. The molecule has 2 heterocycles. The van der Waals surface area contributed by atoms with Gasteiger partial charge in [-0.05, 0) is 17.5 Å². The summed E-state index contributed by atoms with van der Waals surface area (Å²) in [5, 5.41) is 1.59.